The van der Waals surface area contributed by atoms with E-state index in [1.54, 1.807) is 0 Å². The van der Waals surface area contributed by atoms with E-state index in [9.17, 15) is 0 Å². The predicted octanol–water partition coefficient (Wildman–Crippen LogP) is 5.19. The molecule has 0 amide bonds. The number of hydrogen-bond donors (Lipinski definition) is 1. The van der Waals surface area contributed by atoms with Crippen LogP contribution in [0.4, 0.5) is 5.69 Å². The van der Waals surface area contributed by atoms with Crippen molar-refractivity contribution in [3.63, 3.8) is 0 Å². The van der Waals surface area contributed by atoms with E-state index in [0.717, 1.165) is 16.6 Å². The van der Waals surface area contributed by atoms with Gasteiger partial charge >= 0.3 is 0 Å². The van der Waals surface area contributed by atoms with Crippen molar-refractivity contribution in [3.05, 3.63) is 63.6 Å². The summed E-state index contributed by atoms with van der Waals surface area (Å²) in [5.41, 5.74) is 4.21. The smallest absolute Gasteiger partial charge is 0.0992 e. The molecule has 0 radical (unpaired) electrons. The van der Waals surface area contributed by atoms with Crippen LogP contribution in [0.3, 0.4) is 0 Å². The van der Waals surface area contributed by atoms with Gasteiger partial charge in [-0.1, -0.05) is 36.8 Å². The van der Waals surface area contributed by atoms with Crippen LogP contribution in [0.1, 0.15) is 36.1 Å². The molecule has 1 N–H and O–H groups in total. The summed E-state index contributed by atoms with van der Waals surface area (Å²) < 4.78 is 0.919. The van der Waals surface area contributed by atoms with Crippen molar-refractivity contribution in [1.29, 1.82) is 5.26 Å². The van der Waals surface area contributed by atoms with E-state index < -0.39 is 0 Å². The molecule has 1 unspecified atom stereocenters. The van der Waals surface area contributed by atoms with E-state index in [4.69, 9.17) is 5.26 Å². The van der Waals surface area contributed by atoms with Crippen molar-refractivity contribution in [2.75, 3.05) is 5.32 Å². The minimum absolute atomic E-state index is 0.264. The average molecular weight is 329 g/mol. The standard InChI is InChI=1S/C17H17BrN2/c1-3-16(14-7-4-12(2)5-8-14)20-17-9-6-13(11-19)10-15(17)18/h4-10,16,20H,3H2,1-2H3. The number of aryl methyl sites for hydroxylation is 1. The summed E-state index contributed by atoms with van der Waals surface area (Å²) in [6.07, 6.45) is 0.996. The van der Waals surface area contributed by atoms with Crippen molar-refractivity contribution < 1.29 is 0 Å². The van der Waals surface area contributed by atoms with Crippen molar-refractivity contribution in [2.45, 2.75) is 26.3 Å². The van der Waals surface area contributed by atoms with Gasteiger partial charge in [0.05, 0.1) is 17.7 Å². The van der Waals surface area contributed by atoms with E-state index in [2.05, 4.69) is 65.4 Å². The second-order valence-corrected chi connectivity index (χ2v) is 5.68. The zero-order valence-corrected chi connectivity index (χ0v) is 13.2. The topological polar surface area (TPSA) is 35.8 Å². The summed E-state index contributed by atoms with van der Waals surface area (Å²) >= 11 is 3.52. The molecule has 2 aromatic rings. The number of benzene rings is 2. The summed E-state index contributed by atoms with van der Waals surface area (Å²) in [6.45, 7) is 4.25. The van der Waals surface area contributed by atoms with Crippen LogP contribution in [0.15, 0.2) is 46.9 Å². The molecule has 2 nitrogen and oxygen atoms in total. The van der Waals surface area contributed by atoms with Crippen LogP contribution < -0.4 is 5.32 Å². The van der Waals surface area contributed by atoms with E-state index in [1.165, 1.54) is 11.1 Å². The van der Waals surface area contributed by atoms with Crippen LogP contribution >= 0.6 is 15.9 Å². The first-order valence-corrected chi connectivity index (χ1v) is 7.46. The van der Waals surface area contributed by atoms with E-state index in [-0.39, 0.29) is 6.04 Å². The summed E-state index contributed by atoms with van der Waals surface area (Å²) in [5.74, 6) is 0. The Labute approximate surface area is 128 Å². The average Bonchev–Trinajstić information content (AvgIpc) is 2.47. The van der Waals surface area contributed by atoms with Crippen LogP contribution in [-0.4, -0.2) is 0 Å². The molecule has 1 atom stereocenters. The van der Waals surface area contributed by atoms with Gasteiger partial charge < -0.3 is 5.32 Å². The first kappa shape index (κ1) is 14.6. The van der Waals surface area contributed by atoms with Gasteiger partial charge in [0.2, 0.25) is 0 Å². The fourth-order valence-electron chi connectivity index (χ4n) is 2.11. The Hall–Kier alpha value is -1.79. The molecule has 0 saturated carbocycles. The SMILES string of the molecule is CCC(Nc1ccc(C#N)cc1Br)c1ccc(C)cc1. The molecule has 0 aromatic heterocycles. The van der Waals surface area contributed by atoms with Gasteiger partial charge in [0, 0.05) is 10.2 Å². The molecule has 2 rings (SSSR count). The van der Waals surface area contributed by atoms with Crippen molar-refractivity contribution in [2.24, 2.45) is 0 Å². The highest BCUT2D eigenvalue weighted by atomic mass is 79.9. The van der Waals surface area contributed by atoms with Gasteiger partial charge in [0.25, 0.3) is 0 Å². The third-order valence-electron chi connectivity index (χ3n) is 3.32. The largest absolute Gasteiger partial charge is 0.377 e. The predicted molar refractivity (Wildman–Crippen MR) is 86.7 cm³/mol. The molecule has 20 heavy (non-hydrogen) atoms. The minimum atomic E-state index is 0.264. The van der Waals surface area contributed by atoms with Crippen molar-refractivity contribution in [3.8, 4) is 6.07 Å². The number of halogens is 1. The molecule has 0 bridgehead atoms. The Kier molecular flexibility index (Phi) is 4.81. The Morgan fingerprint density at radius 2 is 1.90 bits per heavy atom. The fraction of sp³-hybridized carbons (Fsp3) is 0.235. The minimum Gasteiger partial charge on any atom is -0.377 e. The molecular formula is C17H17BrN2. The van der Waals surface area contributed by atoms with Gasteiger partial charge in [-0.25, -0.2) is 0 Å². The van der Waals surface area contributed by atoms with Gasteiger partial charge in [0.15, 0.2) is 0 Å². The quantitative estimate of drug-likeness (QED) is 0.837. The highest BCUT2D eigenvalue weighted by molar-refractivity contribution is 9.10. The van der Waals surface area contributed by atoms with Crippen LogP contribution in [0, 0.1) is 18.3 Å². The molecule has 0 fully saturated rings. The van der Waals surface area contributed by atoms with E-state index in [0.29, 0.717) is 5.56 Å². The zero-order valence-electron chi connectivity index (χ0n) is 11.7. The first-order chi connectivity index (χ1) is 9.63. The van der Waals surface area contributed by atoms with Gasteiger partial charge in [-0.3, -0.25) is 0 Å². The van der Waals surface area contributed by atoms with Gasteiger partial charge in [-0.15, -0.1) is 0 Å². The molecule has 0 saturated heterocycles. The molecule has 0 aliphatic heterocycles. The molecule has 0 aliphatic carbocycles. The summed E-state index contributed by atoms with van der Waals surface area (Å²) in [6, 6.07) is 16.6. The fourth-order valence-corrected chi connectivity index (χ4v) is 2.60. The lowest BCUT2D eigenvalue weighted by Crippen LogP contribution is -2.10. The summed E-state index contributed by atoms with van der Waals surface area (Å²) in [4.78, 5) is 0. The molecule has 0 aliphatic rings. The van der Waals surface area contributed by atoms with Gasteiger partial charge in [0.1, 0.15) is 0 Å². The molecule has 2 aromatic carbocycles. The first-order valence-electron chi connectivity index (χ1n) is 6.66. The number of nitriles is 1. The van der Waals surface area contributed by atoms with Crippen LogP contribution in [0.5, 0.6) is 0 Å². The maximum absolute atomic E-state index is 8.89. The maximum atomic E-state index is 8.89. The Morgan fingerprint density at radius 1 is 1.20 bits per heavy atom. The van der Waals surface area contributed by atoms with E-state index in [1.807, 2.05) is 18.2 Å². The lowest BCUT2D eigenvalue weighted by molar-refractivity contribution is 0.748. The van der Waals surface area contributed by atoms with Crippen LogP contribution in [0.25, 0.3) is 0 Å². The number of nitrogens with one attached hydrogen (secondary N) is 1. The number of hydrogen-bond acceptors (Lipinski definition) is 2. The monoisotopic (exact) mass is 328 g/mol. The van der Waals surface area contributed by atoms with Gasteiger partial charge in [-0.2, -0.15) is 5.26 Å². The summed E-state index contributed by atoms with van der Waals surface area (Å²) in [5, 5.41) is 12.4. The Balaban J connectivity index is 2.22. The molecule has 0 spiro atoms. The lowest BCUT2D eigenvalue weighted by Gasteiger charge is -2.20. The van der Waals surface area contributed by atoms with Gasteiger partial charge in [-0.05, 0) is 53.0 Å². The Morgan fingerprint density at radius 3 is 2.45 bits per heavy atom. The number of anilines is 1. The number of nitrogens with zero attached hydrogens (tertiary/aromatic N) is 1. The second-order valence-electron chi connectivity index (χ2n) is 4.82. The second kappa shape index (κ2) is 6.58. The lowest BCUT2D eigenvalue weighted by atomic mass is 10.0. The third kappa shape index (κ3) is 3.40. The van der Waals surface area contributed by atoms with Crippen LogP contribution in [0.2, 0.25) is 0 Å². The summed E-state index contributed by atoms with van der Waals surface area (Å²) in [7, 11) is 0. The van der Waals surface area contributed by atoms with Crippen molar-refractivity contribution >= 4 is 21.6 Å². The molecule has 3 heteroatoms. The zero-order chi connectivity index (χ0) is 14.5. The number of rotatable bonds is 4. The highest BCUT2D eigenvalue weighted by Gasteiger charge is 2.11. The normalized spacial score (nSPS) is 11.7. The molecule has 0 heterocycles. The molecule has 102 valence electrons. The maximum Gasteiger partial charge on any atom is 0.0992 e. The van der Waals surface area contributed by atoms with Crippen molar-refractivity contribution in [1.82, 2.24) is 0 Å². The van der Waals surface area contributed by atoms with Crippen LogP contribution in [-0.2, 0) is 0 Å². The highest BCUT2D eigenvalue weighted by Crippen LogP contribution is 2.29. The molecular weight excluding hydrogens is 312 g/mol. The third-order valence-corrected chi connectivity index (χ3v) is 3.97. The van der Waals surface area contributed by atoms with E-state index >= 15 is 0 Å². The Bertz CT molecular complexity index is 626.